The van der Waals surface area contributed by atoms with E-state index in [1.807, 2.05) is 41.5 Å². The predicted octanol–water partition coefficient (Wildman–Crippen LogP) is 4.97. The van der Waals surface area contributed by atoms with Crippen molar-refractivity contribution in [3.8, 4) is 5.75 Å². The quantitative estimate of drug-likeness (QED) is 0.758. The van der Waals surface area contributed by atoms with E-state index in [1.165, 1.54) is 12.1 Å². The summed E-state index contributed by atoms with van der Waals surface area (Å²) in [5.74, 6) is 0.0492. The Bertz CT molecular complexity index is 493. The van der Waals surface area contributed by atoms with Crippen molar-refractivity contribution < 1.29 is 18.3 Å². The third kappa shape index (κ3) is 4.53. The third-order valence-corrected chi connectivity index (χ3v) is 3.46. The number of hydrogen-bond acceptors (Lipinski definition) is 2. The highest BCUT2D eigenvalue weighted by atomic mass is 35.5. The van der Waals surface area contributed by atoms with Crippen LogP contribution in [0.5, 0.6) is 5.75 Å². The molecule has 0 amide bonds. The molecule has 22 heavy (non-hydrogen) atoms. The van der Waals surface area contributed by atoms with Gasteiger partial charge in [0.05, 0.1) is 0 Å². The Balaban J connectivity index is 0.00000441. The van der Waals surface area contributed by atoms with E-state index in [2.05, 4.69) is 0 Å². The Morgan fingerprint density at radius 3 is 1.45 bits per heavy atom. The Morgan fingerprint density at radius 2 is 1.23 bits per heavy atom. The molecule has 1 atom stereocenters. The summed E-state index contributed by atoms with van der Waals surface area (Å²) in [5.41, 5.74) is 5.31. The standard InChI is InChI=1S/C16H24F3NO.ClH/c1-14(2,3)10-7-9(13(20)16(17,18)19)8-11(12(10)21)15(4,5)6;/h7-8,13,21H,20H2,1-6H3;1H/t13-;/m0./s1. The van der Waals surface area contributed by atoms with Crippen LogP contribution in [-0.4, -0.2) is 11.3 Å². The minimum absolute atomic E-state index is 0. The first-order valence-corrected chi connectivity index (χ1v) is 6.86. The Morgan fingerprint density at radius 1 is 0.909 bits per heavy atom. The molecule has 128 valence electrons. The minimum Gasteiger partial charge on any atom is -0.507 e. The first kappa shape index (κ1) is 21.1. The number of phenols is 1. The van der Waals surface area contributed by atoms with Crippen molar-refractivity contribution in [2.45, 2.75) is 64.6 Å². The minimum atomic E-state index is -4.51. The lowest BCUT2D eigenvalue weighted by Gasteiger charge is -2.29. The molecule has 1 rings (SSSR count). The first-order chi connectivity index (χ1) is 9.15. The molecule has 0 aliphatic heterocycles. The fraction of sp³-hybridized carbons (Fsp3) is 0.625. The van der Waals surface area contributed by atoms with E-state index in [4.69, 9.17) is 5.73 Å². The molecule has 0 bridgehead atoms. The number of benzene rings is 1. The van der Waals surface area contributed by atoms with Crippen LogP contribution < -0.4 is 5.73 Å². The number of halogens is 4. The van der Waals surface area contributed by atoms with Gasteiger partial charge in [0.1, 0.15) is 11.8 Å². The summed E-state index contributed by atoms with van der Waals surface area (Å²) in [5, 5.41) is 10.4. The highest BCUT2D eigenvalue weighted by molar-refractivity contribution is 5.85. The van der Waals surface area contributed by atoms with Gasteiger partial charge in [0.2, 0.25) is 0 Å². The van der Waals surface area contributed by atoms with Crippen LogP contribution in [0.15, 0.2) is 12.1 Å². The molecule has 1 aromatic carbocycles. The molecule has 0 radical (unpaired) electrons. The SMILES string of the molecule is CC(C)(C)c1cc([C@H](N)C(F)(F)F)cc(C(C)(C)C)c1O.Cl. The van der Waals surface area contributed by atoms with Gasteiger partial charge in [-0.15, -0.1) is 12.4 Å². The molecule has 1 aromatic rings. The lowest BCUT2D eigenvalue weighted by Crippen LogP contribution is -2.29. The molecule has 0 spiro atoms. The second-order valence-electron chi connectivity index (χ2n) is 7.48. The van der Waals surface area contributed by atoms with Crippen LogP contribution in [0.1, 0.15) is 64.3 Å². The summed E-state index contributed by atoms with van der Waals surface area (Å²) in [6.07, 6.45) is -4.51. The first-order valence-electron chi connectivity index (χ1n) is 6.86. The summed E-state index contributed by atoms with van der Waals surface area (Å²) in [6, 6.07) is 0.672. The Hall–Kier alpha value is -0.940. The summed E-state index contributed by atoms with van der Waals surface area (Å²) in [7, 11) is 0. The molecular formula is C16H25ClF3NO. The van der Waals surface area contributed by atoms with Crippen LogP contribution in [-0.2, 0) is 10.8 Å². The van der Waals surface area contributed by atoms with E-state index in [9.17, 15) is 18.3 Å². The van der Waals surface area contributed by atoms with Crippen LogP contribution in [0.3, 0.4) is 0 Å². The number of alkyl halides is 3. The molecule has 0 saturated carbocycles. The summed E-state index contributed by atoms with van der Waals surface area (Å²) in [6.45, 7) is 11.1. The highest BCUT2D eigenvalue weighted by Crippen LogP contribution is 2.42. The molecule has 0 saturated heterocycles. The van der Waals surface area contributed by atoms with Gasteiger partial charge >= 0.3 is 6.18 Å². The van der Waals surface area contributed by atoms with Gasteiger partial charge in [-0.25, -0.2) is 0 Å². The van der Waals surface area contributed by atoms with Gasteiger partial charge in [-0.3, -0.25) is 0 Å². The molecule has 0 heterocycles. The van der Waals surface area contributed by atoms with E-state index in [0.29, 0.717) is 11.1 Å². The van der Waals surface area contributed by atoms with Gasteiger partial charge in [-0.1, -0.05) is 41.5 Å². The van der Waals surface area contributed by atoms with Crippen LogP contribution in [0, 0.1) is 0 Å². The zero-order valence-electron chi connectivity index (χ0n) is 13.8. The summed E-state index contributed by atoms with van der Waals surface area (Å²) >= 11 is 0. The van der Waals surface area contributed by atoms with Gasteiger partial charge in [-0.05, 0) is 39.7 Å². The number of nitrogens with two attached hydrogens (primary N) is 1. The lowest BCUT2D eigenvalue weighted by molar-refractivity contribution is -0.149. The second kappa shape index (κ2) is 6.28. The molecule has 3 N–H and O–H groups in total. The number of aromatic hydroxyl groups is 1. The molecule has 2 nitrogen and oxygen atoms in total. The van der Waals surface area contributed by atoms with E-state index in [-0.39, 0.29) is 23.7 Å². The van der Waals surface area contributed by atoms with Crippen molar-refractivity contribution in [2.24, 2.45) is 5.73 Å². The second-order valence-corrected chi connectivity index (χ2v) is 7.48. The smallest absolute Gasteiger partial charge is 0.407 e. The Labute approximate surface area is 136 Å². The average Bonchev–Trinajstić information content (AvgIpc) is 2.23. The third-order valence-electron chi connectivity index (χ3n) is 3.46. The molecule has 0 fully saturated rings. The van der Waals surface area contributed by atoms with Crippen molar-refractivity contribution in [2.75, 3.05) is 0 Å². The van der Waals surface area contributed by atoms with E-state index in [0.717, 1.165) is 0 Å². The zero-order valence-corrected chi connectivity index (χ0v) is 14.6. The van der Waals surface area contributed by atoms with Crippen LogP contribution >= 0.6 is 12.4 Å². The van der Waals surface area contributed by atoms with Gasteiger partial charge in [0.25, 0.3) is 0 Å². The highest BCUT2D eigenvalue weighted by Gasteiger charge is 2.39. The topological polar surface area (TPSA) is 46.2 Å². The van der Waals surface area contributed by atoms with E-state index >= 15 is 0 Å². The maximum Gasteiger partial charge on any atom is 0.407 e. The summed E-state index contributed by atoms with van der Waals surface area (Å²) < 4.78 is 38.7. The van der Waals surface area contributed by atoms with Crippen molar-refractivity contribution >= 4 is 12.4 Å². The fourth-order valence-corrected chi connectivity index (χ4v) is 2.17. The van der Waals surface area contributed by atoms with Crippen molar-refractivity contribution in [3.05, 3.63) is 28.8 Å². The fourth-order valence-electron chi connectivity index (χ4n) is 2.17. The largest absolute Gasteiger partial charge is 0.507 e. The monoisotopic (exact) mass is 339 g/mol. The average molecular weight is 340 g/mol. The lowest BCUT2D eigenvalue weighted by atomic mass is 9.77. The molecule has 0 unspecified atom stereocenters. The Kier molecular flexibility index (Phi) is 6.01. The van der Waals surface area contributed by atoms with Crippen molar-refractivity contribution in [3.63, 3.8) is 0 Å². The van der Waals surface area contributed by atoms with E-state index in [1.54, 1.807) is 0 Å². The van der Waals surface area contributed by atoms with Crippen LogP contribution in [0.2, 0.25) is 0 Å². The summed E-state index contributed by atoms with van der Waals surface area (Å²) in [4.78, 5) is 0. The van der Waals surface area contributed by atoms with Gasteiger partial charge in [0, 0.05) is 0 Å². The molecular weight excluding hydrogens is 315 g/mol. The molecule has 0 aliphatic rings. The number of phenolic OH excluding ortho intramolecular Hbond substituents is 1. The zero-order chi connectivity index (χ0) is 16.8. The normalized spacial score (nSPS) is 14.5. The number of hydrogen-bond donors (Lipinski definition) is 2. The maximum atomic E-state index is 12.9. The molecule has 6 heteroatoms. The predicted molar refractivity (Wildman–Crippen MR) is 85.7 cm³/mol. The van der Waals surface area contributed by atoms with Crippen molar-refractivity contribution in [1.82, 2.24) is 0 Å². The maximum absolute atomic E-state index is 12.9. The van der Waals surface area contributed by atoms with Gasteiger partial charge in [0.15, 0.2) is 0 Å². The van der Waals surface area contributed by atoms with Crippen LogP contribution in [0.25, 0.3) is 0 Å². The molecule has 0 aromatic heterocycles. The van der Waals surface area contributed by atoms with Gasteiger partial charge in [-0.2, -0.15) is 13.2 Å². The van der Waals surface area contributed by atoms with Crippen molar-refractivity contribution in [1.29, 1.82) is 0 Å². The van der Waals surface area contributed by atoms with E-state index < -0.39 is 23.0 Å². The number of rotatable bonds is 1. The van der Waals surface area contributed by atoms with Crippen LogP contribution in [0.4, 0.5) is 13.2 Å². The molecule has 0 aliphatic carbocycles. The van der Waals surface area contributed by atoms with Gasteiger partial charge < -0.3 is 10.8 Å².